The third kappa shape index (κ3) is 3.55. The van der Waals surface area contributed by atoms with Gasteiger partial charge in [-0.1, -0.05) is 18.2 Å². The van der Waals surface area contributed by atoms with Crippen LogP contribution in [0.5, 0.6) is 0 Å². The van der Waals surface area contributed by atoms with Crippen LogP contribution in [0.15, 0.2) is 42.6 Å². The van der Waals surface area contributed by atoms with E-state index in [1.165, 1.54) is 6.07 Å². The molecule has 0 spiro atoms. The summed E-state index contributed by atoms with van der Waals surface area (Å²) >= 11 is 0. The van der Waals surface area contributed by atoms with Crippen molar-refractivity contribution in [2.45, 2.75) is 13.0 Å². The summed E-state index contributed by atoms with van der Waals surface area (Å²) in [4.78, 5) is 23.8. The zero-order valence-corrected chi connectivity index (χ0v) is 15.6. The van der Waals surface area contributed by atoms with Crippen LogP contribution in [0.3, 0.4) is 0 Å². The Bertz CT molecular complexity index is 1230. The van der Waals surface area contributed by atoms with Crippen molar-refractivity contribution in [3.05, 3.63) is 65.4 Å². The van der Waals surface area contributed by atoms with E-state index in [0.717, 1.165) is 0 Å². The van der Waals surface area contributed by atoms with Gasteiger partial charge in [0.15, 0.2) is 5.82 Å². The Hall–Kier alpha value is -4.28. The van der Waals surface area contributed by atoms with Crippen LogP contribution < -0.4 is 16.8 Å². The van der Waals surface area contributed by atoms with Gasteiger partial charge in [0.1, 0.15) is 29.0 Å². The average molecular weight is 408 g/mol. The van der Waals surface area contributed by atoms with Gasteiger partial charge < -0.3 is 21.9 Å². The molecule has 0 aliphatic heterocycles. The molecule has 4 aromatic rings. The summed E-state index contributed by atoms with van der Waals surface area (Å²) in [6, 6.07) is 9.92. The lowest BCUT2D eigenvalue weighted by atomic mass is 10.1. The third-order valence-electron chi connectivity index (χ3n) is 4.48. The Labute approximate surface area is 169 Å². The van der Waals surface area contributed by atoms with Gasteiger partial charge in [0, 0.05) is 12.6 Å². The molecule has 6 N–H and O–H groups in total. The summed E-state index contributed by atoms with van der Waals surface area (Å²) in [5.41, 5.74) is 13.7. The summed E-state index contributed by atoms with van der Waals surface area (Å²) in [5.74, 6) is 0.378. The number of anilines is 2. The first-order valence-electron chi connectivity index (χ1n) is 8.89. The van der Waals surface area contributed by atoms with Crippen molar-refractivity contribution >= 4 is 23.2 Å². The van der Waals surface area contributed by atoms with Gasteiger partial charge in [-0.3, -0.25) is 0 Å². The average Bonchev–Trinajstić information content (AvgIpc) is 3.07. The molecule has 0 fully saturated rings. The second-order valence-electron chi connectivity index (χ2n) is 6.42. The van der Waals surface area contributed by atoms with Crippen LogP contribution in [0.4, 0.5) is 20.8 Å². The van der Waals surface area contributed by atoms with E-state index in [9.17, 15) is 9.18 Å². The monoisotopic (exact) mass is 408 g/mol. The normalized spacial score (nSPS) is 11.0. The standard InChI is InChI=1S/C19H17FN8O2/c20-12-5-2-1-4-10(12)8-14-25-15(13-6-3-7-24-28(13)14)18-26-16(21)11(17(22)27-18)9-23-19(29)30/h1-7,23H,8-9H2,(H,29,30)(H4,21,22,26,27). The van der Waals surface area contributed by atoms with Crippen molar-refractivity contribution in [2.75, 3.05) is 11.5 Å². The summed E-state index contributed by atoms with van der Waals surface area (Å²) in [6.07, 6.45) is 0.575. The molecule has 4 rings (SSSR count). The highest BCUT2D eigenvalue weighted by atomic mass is 19.1. The molecule has 0 bridgehead atoms. The van der Waals surface area contributed by atoms with E-state index in [2.05, 4.69) is 25.4 Å². The molecule has 10 nitrogen and oxygen atoms in total. The number of rotatable bonds is 5. The number of hydrogen-bond acceptors (Lipinski definition) is 7. The van der Waals surface area contributed by atoms with Crippen LogP contribution in [-0.2, 0) is 13.0 Å². The van der Waals surface area contributed by atoms with E-state index in [-0.39, 0.29) is 41.8 Å². The lowest BCUT2D eigenvalue weighted by molar-refractivity contribution is 0.194. The fourth-order valence-corrected chi connectivity index (χ4v) is 3.05. The fourth-order valence-electron chi connectivity index (χ4n) is 3.05. The fraction of sp³-hybridized carbons (Fsp3) is 0.105. The van der Waals surface area contributed by atoms with Crippen molar-refractivity contribution < 1.29 is 14.3 Å². The van der Waals surface area contributed by atoms with Crippen molar-refractivity contribution in [1.82, 2.24) is 29.9 Å². The summed E-state index contributed by atoms with van der Waals surface area (Å²) in [7, 11) is 0. The Morgan fingerprint density at radius 2 is 1.83 bits per heavy atom. The number of hydrogen-bond donors (Lipinski definition) is 4. The number of fused-ring (bicyclic) bond motifs is 1. The van der Waals surface area contributed by atoms with Crippen LogP contribution in [0.25, 0.3) is 17.0 Å². The Morgan fingerprint density at radius 3 is 2.53 bits per heavy atom. The highest BCUT2D eigenvalue weighted by Crippen LogP contribution is 2.26. The summed E-state index contributed by atoms with van der Waals surface area (Å²) < 4.78 is 15.7. The largest absolute Gasteiger partial charge is 0.465 e. The predicted molar refractivity (Wildman–Crippen MR) is 107 cm³/mol. The SMILES string of the molecule is Nc1nc(-c2nc(Cc3ccccc3F)n3ncccc23)nc(N)c1CNC(=O)O. The van der Waals surface area contributed by atoms with Crippen LogP contribution in [0.1, 0.15) is 17.0 Å². The van der Waals surface area contributed by atoms with Crippen molar-refractivity contribution in [1.29, 1.82) is 0 Å². The lowest BCUT2D eigenvalue weighted by Gasteiger charge is -2.09. The van der Waals surface area contributed by atoms with E-state index in [4.69, 9.17) is 16.6 Å². The number of nitrogens with one attached hydrogen (secondary N) is 1. The summed E-state index contributed by atoms with van der Waals surface area (Å²) in [6.45, 7) is -0.128. The molecule has 30 heavy (non-hydrogen) atoms. The van der Waals surface area contributed by atoms with E-state index in [0.29, 0.717) is 22.6 Å². The first-order chi connectivity index (χ1) is 14.4. The first kappa shape index (κ1) is 19.1. The maximum absolute atomic E-state index is 14.1. The molecule has 0 unspecified atom stereocenters. The minimum absolute atomic E-state index is 0.0342. The highest BCUT2D eigenvalue weighted by molar-refractivity contribution is 5.75. The maximum atomic E-state index is 14.1. The van der Waals surface area contributed by atoms with E-state index in [1.54, 1.807) is 41.0 Å². The highest BCUT2D eigenvalue weighted by Gasteiger charge is 2.19. The molecule has 11 heteroatoms. The second kappa shape index (κ2) is 7.62. The zero-order chi connectivity index (χ0) is 21.3. The van der Waals surface area contributed by atoms with Gasteiger partial charge in [-0.25, -0.2) is 28.7 Å². The second-order valence-corrected chi connectivity index (χ2v) is 6.42. The number of amides is 1. The van der Waals surface area contributed by atoms with Gasteiger partial charge in [-0.2, -0.15) is 5.10 Å². The van der Waals surface area contributed by atoms with Crippen LogP contribution in [0, 0.1) is 5.82 Å². The van der Waals surface area contributed by atoms with E-state index >= 15 is 0 Å². The molecule has 3 aromatic heterocycles. The van der Waals surface area contributed by atoms with Crippen molar-refractivity contribution in [2.24, 2.45) is 0 Å². The number of carboxylic acid groups (broad SMARTS) is 1. The number of nitrogen functional groups attached to an aromatic ring is 2. The molecule has 0 aliphatic rings. The van der Waals surface area contributed by atoms with Gasteiger partial charge in [-0.05, 0) is 23.8 Å². The Morgan fingerprint density at radius 1 is 1.10 bits per heavy atom. The number of carbonyl (C=O) groups is 1. The molecular formula is C19H17FN8O2. The van der Waals surface area contributed by atoms with Crippen LogP contribution in [0.2, 0.25) is 0 Å². The molecule has 0 saturated carbocycles. The van der Waals surface area contributed by atoms with E-state index < -0.39 is 6.09 Å². The smallest absolute Gasteiger partial charge is 0.404 e. The van der Waals surface area contributed by atoms with E-state index in [1.807, 2.05) is 0 Å². The number of nitrogens with zero attached hydrogens (tertiary/aromatic N) is 5. The topological polar surface area (TPSA) is 157 Å². The van der Waals surface area contributed by atoms with Crippen molar-refractivity contribution in [3.8, 4) is 11.5 Å². The Kier molecular flexibility index (Phi) is 4.84. The van der Waals surface area contributed by atoms with Gasteiger partial charge in [-0.15, -0.1) is 0 Å². The minimum Gasteiger partial charge on any atom is -0.465 e. The molecular weight excluding hydrogens is 391 g/mol. The molecule has 0 saturated heterocycles. The molecule has 1 amide bonds. The van der Waals surface area contributed by atoms with Gasteiger partial charge >= 0.3 is 6.09 Å². The Balaban J connectivity index is 1.78. The van der Waals surface area contributed by atoms with Crippen LogP contribution >= 0.6 is 0 Å². The third-order valence-corrected chi connectivity index (χ3v) is 4.48. The zero-order valence-electron chi connectivity index (χ0n) is 15.6. The molecule has 152 valence electrons. The molecule has 0 radical (unpaired) electrons. The minimum atomic E-state index is -1.22. The molecule has 0 aliphatic carbocycles. The number of benzene rings is 1. The lowest BCUT2D eigenvalue weighted by Crippen LogP contribution is -2.22. The molecule has 0 atom stereocenters. The quantitative estimate of drug-likeness (QED) is 0.389. The number of halogens is 1. The summed E-state index contributed by atoms with van der Waals surface area (Å²) in [5, 5.41) is 15.3. The predicted octanol–water partition coefficient (Wildman–Crippen LogP) is 1.85. The molecule has 3 heterocycles. The van der Waals surface area contributed by atoms with Gasteiger partial charge in [0.25, 0.3) is 0 Å². The molecule has 1 aromatic carbocycles. The number of nitrogens with two attached hydrogens (primary N) is 2. The van der Waals surface area contributed by atoms with Gasteiger partial charge in [0.05, 0.1) is 17.6 Å². The number of aromatic nitrogens is 5. The van der Waals surface area contributed by atoms with Crippen LogP contribution in [-0.4, -0.2) is 35.8 Å². The van der Waals surface area contributed by atoms with Crippen molar-refractivity contribution in [3.63, 3.8) is 0 Å². The maximum Gasteiger partial charge on any atom is 0.404 e. The van der Waals surface area contributed by atoms with Gasteiger partial charge in [0.2, 0.25) is 0 Å². The first-order valence-corrected chi connectivity index (χ1v) is 8.89. The number of imidazole rings is 1.